The lowest BCUT2D eigenvalue weighted by Gasteiger charge is -2.13. The van der Waals surface area contributed by atoms with Gasteiger partial charge < -0.3 is 24.1 Å². The summed E-state index contributed by atoms with van der Waals surface area (Å²) < 4.78 is 21.4. The number of hydrogen-bond donors (Lipinski definition) is 1. The van der Waals surface area contributed by atoms with E-state index in [1.54, 1.807) is 32.2 Å². The van der Waals surface area contributed by atoms with Gasteiger partial charge in [0.05, 0.1) is 33.0 Å². The first-order chi connectivity index (χ1) is 15.0. The van der Waals surface area contributed by atoms with E-state index in [2.05, 4.69) is 0 Å². The van der Waals surface area contributed by atoms with Crippen molar-refractivity contribution in [2.75, 3.05) is 27.4 Å². The highest BCUT2D eigenvalue weighted by Gasteiger charge is 2.14. The minimum atomic E-state index is -1.000. The molecule has 0 saturated heterocycles. The molecule has 168 valence electrons. The zero-order valence-corrected chi connectivity index (χ0v) is 18.8. The van der Waals surface area contributed by atoms with E-state index in [0.29, 0.717) is 41.8 Å². The number of carboxylic acids is 1. The van der Waals surface area contributed by atoms with E-state index < -0.39 is 5.97 Å². The van der Waals surface area contributed by atoms with Gasteiger partial charge in [0.1, 0.15) is 5.75 Å². The molecule has 1 N–H and O–H groups in total. The first-order valence-electron chi connectivity index (χ1n) is 10.0. The predicted molar refractivity (Wildman–Crippen MR) is 118 cm³/mol. The van der Waals surface area contributed by atoms with Gasteiger partial charge in [-0.1, -0.05) is 11.8 Å². The summed E-state index contributed by atoms with van der Waals surface area (Å²) in [7, 11) is 3.10. The number of ether oxygens (including phenoxy) is 4. The lowest BCUT2D eigenvalue weighted by molar-refractivity contribution is -0.143. The van der Waals surface area contributed by atoms with Gasteiger partial charge in [-0.2, -0.15) is 0 Å². The highest BCUT2D eigenvalue weighted by Crippen LogP contribution is 2.38. The number of esters is 1. The predicted octanol–water partition coefficient (Wildman–Crippen LogP) is 5.06. The van der Waals surface area contributed by atoms with Crippen molar-refractivity contribution in [3.05, 3.63) is 42.0 Å². The second kappa shape index (κ2) is 12.7. The molecule has 0 aromatic heterocycles. The summed E-state index contributed by atoms with van der Waals surface area (Å²) in [6, 6.07) is 10.3. The number of aromatic carboxylic acids is 1. The molecule has 8 heteroatoms. The van der Waals surface area contributed by atoms with Gasteiger partial charge in [-0.15, -0.1) is 0 Å². The molecular formula is C23H28O7S. The summed E-state index contributed by atoms with van der Waals surface area (Å²) in [5.41, 5.74) is 0.202. The fraction of sp³-hybridized carbons (Fsp3) is 0.391. The van der Waals surface area contributed by atoms with Crippen molar-refractivity contribution in [1.82, 2.24) is 0 Å². The molecule has 2 rings (SSSR count). The Bertz CT molecular complexity index is 882. The summed E-state index contributed by atoms with van der Waals surface area (Å²) >= 11 is 1.31. The average molecular weight is 449 g/mol. The molecule has 2 aromatic carbocycles. The Balaban J connectivity index is 1.96. The number of carbonyl (C=O) groups is 2. The third kappa shape index (κ3) is 7.71. The average Bonchev–Trinajstić information content (AvgIpc) is 2.76. The van der Waals surface area contributed by atoms with Crippen molar-refractivity contribution in [1.29, 1.82) is 0 Å². The minimum absolute atomic E-state index is 0.166. The molecule has 0 fully saturated rings. The van der Waals surface area contributed by atoms with Crippen LogP contribution in [-0.4, -0.2) is 44.5 Å². The Kier molecular flexibility index (Phi) is 10.0. The van der Waals surface area contributed by atoms with Gasteiger partial charge in [0.2, 0.25) is 0 Å². The Morgan fingerprint density at radius 2 is 1.77 bits per heavy atom. The summed E-state index contributed by atoms with van der Waals surface area (Å²) in [4.78, 5) is 24.2. The van der Waals surface area contributed by atoms with E-state index in [4.69, 9.17) is 18.9 Å². The van der Waals surface area contributed by atoms with Gasteiger partial charge in [-0.25, -0.2) is 4.79 Å². The molecular weight excluding hydrogens is 420 g/mol. The molecule has 31 heavy (non-hydrogen) atoms. The second-order valence-electron chi connectivity index (χ2n) is 6.55. The molecule has 0 aliphatic rings. The topological polar surface area (TPSA) is 91.3 Å². The number of carbonyl (C=O) groups excluding carboxylic acids is 1. The van der Waals surface area contributed by atoms with Crippen LogP contribution in [0.2, 0.25) is 0 Å². The Morgan fingerprint density at radius 3 is 2.45 bits per heavy atom. The van der Waals surface area contributed by atoms with Gasteiger partial charge in [0.25, 0.3) is 0 Å². The molecule has 0 heterocycles. The standard InChI is InChI=1S/C23H28O7S/c1-4-29-22(24)8-6-5-7-13-30-19-12-10-17(15-20(19)28-3)31-21-14-16(27-2)9-11-18(21)23(25)26/h9-12,14-15H,4-8,13H2,1-3H3,(H,25,26). The molecule has 0 aliphatic carbocycles. The fourth-order valence-electron chi connectivity index (χ4n) is 2.81. The summed E-state index contributed by atoms with van der Waals surface area (Å²) in [6.07, 6.45) is 2.86. The summed E-state index contributed by atoms with van der Waals surface area (Å²) in [5.74, 6) is 0.598. The molecule has 0 unspecified atom stereocenters. The van der Waals surface area contributed by atoms with Crippen LogP contribution in [0.1, 0.15) is 43.0 Å². The number of rotatable bonds is 13. The van der Waals surface area contributed by atoms with E-state index in [0.717, 1.165) is 24.2 Å². The van der Waals surface area contributed by atoms with Gasteiger partial charge in [-0.3, -0.25) is 4.79 Å². The highest BCUT2D eigenvalue weighted by atomic mass is 32.2. The smallest absolute Gasteiger partial charge is 0.336 e. The monoisotopic (exact) mass is 448 g/mol. The zero-order chi connectivity index (χ0) is 22.6. The van der Waals surface area contributed by atoms with Crippen LogP contribution in [0.4, 0.5) is 0 Å². The van der Waals surface area contributed by atoms with E-state index in [1.807, 2.05) is 12.1 Å². The molecule has 0 atom stereocenters. The van der Waals surface area contributed by atoms with Crippen LogP contribution in [0.5, 0.6) is 17.2 Å². The van der Waals surface area contributed by atoms with E-state index in [-0.39, 0.29) is 11.5 Å². The lowest BCUT2D eigenvalue weighted by Crippen LogP contribution is -2.04. The van der Waals surface area contributed by atoms with E-state index in [9.17, 15) is 14.7 Å². The van der Waals surface area contributed by atoms with Crippen molar-refractivity contribution in [2.45, 2.75) is 42.4 Å². The zero-order valence-electron chi connectivity index (χ0n) is 18.0. The van der Waals surface area contributed by atoms with Crippen molar-refractivity contribution in [2.24, 2.45) is 0 Å². The Morgan fingerprint density at radius 1 is 0.968 bits per heavy atom. The molecule has 0 saturated carbocycles. The fourth-order valence-corrected chi connectivity index (χ4v) is 3.81. The molecule has 0 amide bonds. The van der Waals surface area contributed by atoms with Crippen LogP contribution in [0.15, 0.2) is 46.2 Å². The van der Waals surface area contributed by atoms with Crippen LogP contribution >= 0.6 is 11.8 Å². The summed E-state index contributed by atoms with van der Waals surface area (Å²) in [5, 5.41) is 9.44. The van der Waals surface area contributed by atoms with Crippen molar-refractivity contribution in [3.8, 4) is 17.2 Å². The van der Waals surface area contributed by atoms with E-state index >= 15 is 0 Å². The largest absolute Gasteiger partial charge is 0.497 e. The van der Waals surface area contributed by atoms with Gasteiger partial charge in [0, 0.05) is 16.2 Å². The van der Waals surface area contributed by atoms with E-state index in [1.165, 1.54) is 24.9 Å². The maximum atomic E-state index is 11.5. The van der Waals surface area contributed by atoms with Crippen LogP contribution in [0.25, 0.3) is 0 Å². The van der Waals surface area contributed by atoms with Crippen LogP contribution in [0, 0.1) is 0 Å². The SMILES string of the molecule is CCOC(=O)CCCCCOc1ccc(Sc2cc(OC)ccc2C(=O)O)cc1OC. The molecule has 7 nitrogen and oxygen atoms in total. The third-order valence-electron chi connectivity index (χ3n) is 4.37. The van der Waals surface area contributed by atoms with Gasteiger partial charge >= 0.3 is 11.9 Å². The van der Waals surface area contributed by atoms with Gasteiger partial charge in [0.15, 0.2) is 11.5 Å². The highest BCUT2D eigenvalue weighted by molar-refractivity contribution is 7.99. The molecule has 0 bridgehead atoms. The molecule has 0 radical (unpaired) electrons. The van der Waals surface area contributed by atoms with Crippen molar-refractivity contribution >= 4 is 23.7 Å². The first-order valence-corrected chi connectivity index (χ1v) is 10.9. The molecule has 0 aliphatic heterocycles. The Hall–Kier alpha value is -2.87. The Labute approximate surface area is 186 Å². The number of methoxy groups -OCH3 is 2. The number of unbranched alkanes of at least 4 members (excludes halogenated alkanes) is 2. The van der Waals surface area contributed by atoms with Crippen LogP contribution < -0.4 is 14.2 Å². The maximum absolute atomic E-state index is 11.5. The second-order valence-corrected chi connectivity index (χ2v) is 7.66. The molecule has 0 spiro atoms. The number of carboxylic acid groups (broad SMARTS) is 1. The molecule has 2 aromatic rings. The van der Waals surface area contributed by atoms with Gasteiger partial charge in [-0.05, 0) is 62.6 Å². The van der Waals surface area contributed by atoms with Crippen LogP contribution in [0.3, 0.4) is 0 Å². The normalized spacial score (nSPS) is 10.4. The van der Waals surface area contributed by atoms with Crippen molar-refractivity contribution in [3.63, 3.8) is 0 Å². The maximum Gasteiger partial charge on any atom is 0.336 e. The van der Waals surface area contributed by atoms with Crippen LogP contribution in [-0.2, 0) is 9.53 Å². The number of hydrogen-bond acceptors (Lipinski definition) is 7. The third-order valence-corrected chi connectivity index (χ3v) is 5.42. The lowest BCUT2D eigenvalue weighted by atomic mass is 10.2. The number of benzene rings is 2. The first kappa shape index (κ1) is 24.4. The quantitative estimate of drug-likeness (QED) is 0.336. The minimum Gasteiger partial charge on any atom is -0.497 e. The van der Waals surface area contributed by atoms with Crippen molar-refractivity contribution < 1.29 is 33.6 Å². The summed E-state index contributed by atoms with van der Waals surface area (Å²) in [6.45, 7) is 2.71.